The fourth-order valence-electron chi connectivity index (χ4n) is 2.80. The van der Waals surface area contributed by atoms with Gasteiger partial charge in [0.15, 0.2) is 0 Å². The molecule has 0 spiro atoms. The Hall–Kier alpha value is -2.17. The van der Waals surface area contributed by atoms with Crippen LogP contribution in [0.2, 0.25) is 0 Å². The molecule has 0 bridgehead atoms. The number of benzene rings is 1. The fraction of sp³-hybridized carbons (Fsp3) is 0.333. The Bertz CT molecular complexity index is 648. The Kier molecular flexibility index (Phi) is 2.67. The highest BCUT2D eigenvalue weighted by molar-refractivity contribution is 5.99. The van der Waals surface area contributed by atoms with Crippen LogP contribution in [0.25, 0.3) is 0 Å². The summed E-state index contributed by atoms with van der Waals surface area (Å²) >= 11 is 0. The highest BCUT2D eigenvalue weighted by Crippen LogP contribution is 2.42. The van der Waals surface area contributed by atoms with Gasteiger partial charge in [-0.05, 0) is 25.5 Å². The summed E-state index contributed by atoms with van der Waals surface area (Å²) < 4.78 is 19.3. The smallest absolute Gasteiger partial charge is 0.337 e. The van der Waals surface area contributed by atoms with Gasteiger partial charge >= 0.3 is 5.97 Å². The lowest BCUT2D eigenvalue weighted by Crippen LogP contribution is -2.38. The molecule has 2 aliphatic rings. The van der Waals surface area contributed by atoms with Crippen molar-refractivity contribution in [2.24, 2.45) is 0 Å². The number of carbonyl (C=O) groups excluding carboxylic acids is 2. The molecule has 104 valence electrons. The van der Waals surface area contributed by atoms with E-state index in [-0.39, 0.29) is 12.3 Å². The number of cyclic esters (lactones) is 1. The minimum absolute atomic E-state index is 0.0466. The van der Waals surface area contributed by atoms with Crippen LogP contribution in [0.3, 0.4) is 0 Å². The van der Waals surface area contributed by atoms with E-state index in [4.69, 9.17) is 4.74 Å². The number of hydrogen-bond acceptors (Lipinski definition) is 3. The molecule has 3 rings (SSSR count). The summed E-state index contributed by atoms with van der Waals surface area (Å²) in [5.41, 5.74) is 0.280. The van der Waals surface area contributed by atoms with Crippen molar-refractivity contribution in [2.75, 3.05) is 0 Å². The van der Waals surface area contributed by atoms with Crippen molar-refractivity contribution in [3.05, 3.63) is 46.9 Å². The van der Waals surface area contributed by atoms with Gasteiger partial charge in [0.05, 0.1) is 11.3 Å². The zero-order chi connectivity index (χ0) is 14.5. The highest BCUT2D eigenvalue weighted by Gasteiger charge is 2.47. The van der Waals surface area contributed by atoms with E-state index in [0.717, 1.165) is 0 Å². The molecule has 1 atom stereocenters. The first-order valence-electron chi connectivity index (χ1n) is 6.42. The number of halogens is 1. The van der Waals surface area contributed by atoms with E-state index in [9.17, 15) is 14.0 Å². The maximum absolute atomic E-state index is 14.0. The summed E-state index contributed by atoms with van der Waals surface area (Å²) in [4.78, 5) is 23.9. The summed E-state index contributed by atoms with van der Waals surface area (Å²) in [6, 6.07) is 6.19. The average molecular weight is 275 g/mol. The van der Waals surface area contributed by atoms with Crippen LogP contribution in [0.1, 0.15) is 31.7 Å². The predicted molar refractivity (Wildman–Crippen MR) is 69.1 cm³/mol. The molecule has 1 aromatic carbocycles. The lowest BCUT2D eigenvalue weighted by atomic mass is 9.82. The van der Waals surface area contributed by atoms with Gasteiger partial charge < -0.3 is 10.1 Å². The van der Waals surface area contributed by atoms with Gasteiger partial charge in [-0.15, -0.1) is 0 Å². The second kappa shape index (κ2) is 4.16. The second-order valence-corrected chi connectivity index (χ2v) is 5.51. The van der Waals surface area contributed by atoms with Crippen molar-refractivity contribution in [3.63, 3.8) is 0 Å². The second-order valence-electron chi connectivity index (χ2n) is 5.51. The van der Waals surface area contributed by atoms with Crippen LogP contribution in [0.15, 0.2) is 35.5 Å². The van der Waals surface area contributed by atoms with Crippen LogP contribution in [0, 0.1) is 5.82 Å². The molecule has 4 nitrogen and oxygen atoms in total. The van der Waals surface area contributed by atoms with Crippen LogP contribution < -0.4 is 5.32 Å². The summed E-state index contributed by atoms with van der Waals surface area (Å²) in [6.07, 6.45) is 0.0466. The van der Waals surface area contributed by atoms with E-state index in [1.54, 1.807) is 32.0 Å². The van der Waals surface area contributed by atoms with Crippen LogP contribution in [-0.2, 0) is 14.3 Å². The van der Waals surface area contributed by atoms with Crippen molar-refractivity contribution < 1.29 is 18.7 Å². The number of amides is 1. The molecule has 0 radical (unpaired) electrons. The van der Waals surface area contributed by atoms with E-state index in [2.05, 4.69) is 5.32 Å². The minimum Gasteiger partial charge on any atom is -0.450 e. The Morgan fingerprint density at radius 2 is 2.00 bits per heavy atom. The maximum atomic E-state index is 14.0. The Morgan fingerprint density at radius 3 is 2.70 bits per heavy atom. The van der Waals surface area contributed by atoms with Gasteiger partial charge in [-0.2, -0.15) is 0 Å². The van der Waals surface area contributed by atoms with Gasteiger partial charge in [0, 0.05) is 12.3 Å². The first-order chi connectivity index (χ1) is 9.40. The summed E-state index contributed by atoms with van der Waals surface area (Å²) in [7, 11) is 0. The van der Waals surface area contributed by atoms with Gasteiger partial charge in [-0.3, -0.25) is 4.79 Å². The molecular weight excluding hydrogens is 261 g/mol. The molecule has 2 heterocycles. The number of carbonyl (C=O) groups is 2. The Labute approximate surface area is 115 Å². The third-order valence-electron chi connectivity index (χ3n) is 3.72. The third-order valence-corrected chi connectivity index (χ3v) is 3.72. The summed E-state index contributed by atoms with van der Waals surface area (Å²) in [5.74, 6) is -1.73. The van der Waals surface area contributed by atoms with Gasteiger partial charge in [-0.25, -0.2) is 9.18 Å². The van der Waals surface area contributed by atoms with E-state index >= 15 is 0 Å². The third kappa shape index (κ3) is 1.81. The van der Waals surface area contributed by atoms with Crippen molar-refractivity contribution in [1.82, 2.24) is 5.32 Å². The fourth-order valence-corrected chi connectivity index (χ4v) is 2.80. The van der Waals surface area contributed by atoms with Gasteiger partial charge in [0.1, 0.15) is 11.4 Å². The van der Waals surface area contributed by atoms with Crippen LogP contribution in [0.4, 0.5) is 4.39 Å². The molecule has 0 saturated heterocycles. The number of nitrogens with one attached hydrogen (secondary N) is 1. The molecular formula is C15H14FNO3. The summed E-state index contributed by atoms with van der Waals surface area (Å²) in [5, 5.41) is 2.69. The molecule has 5 heteroatoms. The van der Waals surface area contributed by atoms with Gasteiger partial charge in [-0.1, -0.05) is 18.2 Å². The first-order valence-corrected chi connectivity index (χ1v) is 6.42. The molecule has 0 aromatic heterocycles. The molecule has 1 unspecified atom stereocenters. The average Bonchev–Trinajstić information content (AvgIpc) is 2.59. The lowest BCUT2D eigenvalue weighted by molar-refractivity contribution is -0.144. The van der Waals surface area contributed by atoms with Crippen molar-refractivity contribution in [2.45, 2.75) is 31.8 Å². The zero-order valence-electron chi connectivity index (χ0n) is 11.2. The molecule has 1 amide bonds. The maximum Gasteiger partial charge on any atom is 0.337 e. The first kappa shape index (κ1) is 12.8. The zero-order valence-corrected chi connectivity index (χ0v) is 11.2. The van der Waals surface area contributed by atoms with Gasteiger partial charge in [0.25, 0.3) is 0 Å². The Balaban J connectivity index is 2.16. The van der Waals surface area contributed by atoms with Crippen LogP contribution in [-0.4, -0.2) is 17.5 Å². The largest absolute Gasteiger partial charge is 0.450 e. The van der Waals surface area contributed by atoms with Gasteiger partial charge in [0.2, 0.25) is 5.91 Å². The molecule has 1 aromatic rings. The number of esters is 1. The SMILES string of the molecule is CC1(C)OC(=O)C2=C1NC(=O)CC2c1ccccc1F. The van der Waals surface area contributed by atoms with Crippen molar-refractivity contribution in [3.8, 4) is 0 Å². The number of hydrogen-bond donors (Lipinski definition) is 1. The molecule has 1 N–H and O–H groups in total. The monoisotopic (exact) mass is 275 g/mol. The van der Waals surface area contributed by atoms with Crippen LogP contribution in [0.5, 0.6) is 0 Å². The number of ether oxygens (including phenoxy) is 1. The Morgan fingerprint density at radius 1 is 1.30 bits per heavy atom. The van der Waals surface area contributed by atoms with Crippen LogP contribution >= 0.6 is 0 Å². The highest BCUT2D eigenvalue weighted by atomic mass is 19.1. The standard InChI is InChI=1S/C15H14FNO3/c1-15(2)13-12(14(19)20-15)9(7-11(18)17-13)8-5-3-4-6-10(8)16/h3-6,9H,7H2,1-2H3,(H,17,18). The molecule has 20 heavy (non-hydrogen) atoms. The van der Waals surface area contributed by atoms with E-state index in [0.29, 0.717) is 16.8 Å². The predicted octanol–water partition coefficient (Wildman–Crippen LogP) is 2.02. The van der Waals surface area contributed by atoms with E-state index < -0.39 is 23.3 Å². The molecule has 2 aliphatic heterocycles. The van der Waals surface area contributed by atoms with Crippen molar-refractivity contribution in [1.29, 1.82) is 0 Å². The molecule has 0 aliphatic carbocycles. The normalized spacial score (nSPS) is 24.2. The topological polar surface area (TPSA) is 55.4 Å². The molecule has 0 fully saturated rings. The lowest BCUT2D eigenvalue weighted by Gasteiger charge is -2.27. The quantitative estimate of drug-likeness (QED) is 0.798. The van der Waals surface area contributed by atoms with E-state index in [1.807, 2.05) is 0 Å². The summed E-state index contributed by atoms with van der Waals surface area (Å²) in [6.45, 7) is 3.41. The molecule has 0 saturated carbocycles. The minimum atomic E-state index is -0.883. The number of rotatable bonds is 1. The van der Waals surface area contributed by atoms with Crippen molar-refractivity contribution >= 4 is 11.9 Å². The van der Waals surface area contributed by atoms with E-state index in [1.165, 1.54) is 6.07 Å².